The molecule has 0 radical (unpaired) electrons. The van der Waals surface area contributed by atoms with Gasteiger partial charge in [-0.2, -0.15) is 0 Å². The monoisotopic (exact) mass is 196 g/mol. The van der Waals surface area contributed by atoms with E-state index < -0.39 is 0 Å². The van der Waals surface area contributed by atoms with E-state index in [4.69, 9.17) is 5.11 Å². The Morgan fingerprint density at radius 3 is 2.64 bits per heavy atom. The molecule has 0 spiro atoms. The van der Waals surface area contributed by atoms with Crippen molar-refractivity contribution in [1.29, 1.82) is 0 Å². The van der Waals surface area contributed by atoms with E-state index >= 15 is 0 Å². The third kappa shape index (κ3) is 8.10. The quantitative estimate of drug-likeness (QED) is 0.464. The molecule has 1 nitrogen and oxygen atoms in total. The van der Waals surface area contributed by atoms with E-state index in [2.05, 4.69) is 25.7 Å². The van der Waals surface area contributed by atoms with Crippen molar-refractivity contribution in [2.75, 3.05) is 6.61 Å². The largest absolute Gasteiger partial charge is 0.396 e. The lowest BCUT2D eigenvalue weighted by molar-refractivity contribution is 0.289. The second kappa shape index (κ2) is 10.6. The summed E-state index contributed by atoms with van der Waals surface area (Å²) in [5.74, 6) is 0.695. The van der Waals surface area contributed by atoms with Crippen molar-refractivity contribution in [3.63, 3.8) is 0 Å². The standard InChI is InChI=1S/C13H24O/c1-3-5-10-13(4-2)11-8-6-7-9-12-14/h6,11,13-14H,3-5,7,9-10,12H2,1-2H3. The van der Waals surface area contributed by atoms with Gasteiger partial charge >= 0.3 is 0 Å². The van der Waals surface area contributed by atoms with Gasteiger partial charge in [0.1, 0.15) is 0 Å². The Bertz CT molecular complexity index is 166. The predicted molar refractivity (Wildman–Crippen MR) is 62.3 cm³/mol. The molecular formula is C13H24O. The number of aliphatic hydroxyl groups excluding tert-OH is 1. The van der Waals surface area contributed by atoms with Gasteiger partial charge in [0.25, 0.3) is 0 Å². The van der Waals surface area contributed by atoms with Gasteiger partial charge in [-0.05, 0) is 43.8 Å². The minimum atomic E-state index is 0.283. The summed E-state index contributed by atoms with van der Waals surface area (Å²) < 4.78 is 0. The minimum Gasteiger partial charge on any atom is -0.396 e. The third-order valence-electron chi connectivity index (χ3n) is 2.41. The molecule has 14 heavy (non-hydrogen) atoms. The summed E-state index contributed by atoms with van der Waals surface area (Å²) in [6.45, 7) is 4.74. The van der Waals surface area contributed by atoms with E-state index in [-0.39, 0.29) is 6.61 Å². The fraction of sp³-hybridized carbons (Fsp3) is 0.769. The van der Waals surface area contributed by atoms with Gasteiger partial charge in [0.05, 0.1) is 0 Å². The van der Waals surface area contributed by atoms with Crippen molar-refractivity contribution in [1.82, 2.24) is 0 Å². The van der Waals surface area contributed by atoms with Gasteiger partial charge in [0.15, 0.2) is 0 Å². The summed E-state index contributed by atoms with van der Waals surface area (Å²) >= 11 is 0. The first kappa shape index (κ1) is 13.5. The van der Waals surface area contributed by atoms with Gasteiger partial charge in [-0.1, -0.05) is 26.7 Å². The molecule has 0 saturated heterocycles. The number of hydrogen-bond donors (Lipinski definition) is 1. The van der Waals surface area contributed by atoms with Gasteiger partial charge in [-0.15, -0.1) is 5.73 Å². The Hall–Kier alpha value is -0.520. The van der Waals surface area contributed by atoms with Crippen LogP contribution in [0.2, 0.25) is 0 Å². The third-order valence-corrected chi connectivity index (χ3v) is 2.41. The summed E-state index contributed by atoms with van der Waals surface area (Å²) in [7, 11) is 0. The van der Waals surface area contributed by atoms with E-state index in [0.29, 0.717) is 5.92 Å². The molecule has 0 aliphatic carbocycles. The van der Waals surface area contributed by atoms with E-state index in [9.17, 15) is 0 Å². The number of allylic oxidation sites excluding steroid dienone is 1. The zero-order valence-corrected chi connectivity index (χ0v) is 9.63. The van der Waals surface area contributed by atoms with Crippen molar-refractivity contribution in [3.05, 3.63) is 17.9 Å². The number of unbranched alkanes of at least 4 members (excludes halogenated alkanes) is 2. The highest BCUT2D eigenvalue weighted by Gasteiger charge is 1.99. The highest BCUT2D eigenvalue weighted by Crippen LogP contribution is 2.13. The van der Waals surface area contributed by atoms with Crippen LogP contribution in [-0.2, 0) is 0 Å². The van der Waals surface area contributed by atoms with Crippen molar-refractivity contribution < 1.29 is 5.11 Å². The molecule has 0 aromatic heterocycles. The van der Waals surface area contributed by atoms with Gasteiger partial charge in [0, 0.05) is 6.61 Å². The topological polar surface area (TPSA) is 20.2 Å². The fourth-order valence-corrected chi connectivity index (χ4v) is 1.35. The van der Waals surface area contributed by atoms with Crippen LogP contribution in [0.3, 0.4) is 0 Å². The van der Waals surface area contributed by atoms with Crippen LogP contribution in [-0.4, -0.2) is 11.7 Å². The normalized spacial score (nSPS) is 11.9. The highest BCUT2D eigenvalue weighted by molar-refractivity contribution is 4.89. The first-order valence-corrected chi connectivity index (χ1v) is 5.87. The van der Waals surface area contributed by atoms with Crippen LogP contribution in [0.5, 0.6) is 0 Å². The van der Waals surface area contributed by atoms with Crippen molar-refractivity contribution in [2.24, 2.45) is 5.92 Å². The minimum absolute atomic E-state index is 0.283. The summed E-state index contributed by atoms with van der Waals surface area (Å²) in [6, 6.07) is 0. The molecule has 0 amide bonds. The molecular weight excluding hydrogens is 172 g/mol. The molecule has 0 bridgehead atoms. The van der Waals surface area contributed by atoms with Crippen LogP contribution in [0.25, 0.3) is 0 Å². The summed E-state index contributed by atoms with van der Waals surface area (Å²) in [5.41, 5.74) is 3.22. The molecule has 0 aromatic carbocycles. The molecule has 0 rings (SSSR count). The van der Waals surface area contributed by atoms with E-state index in [1.54, 1.807) is 0 Å². The van der Waals surface area contributed by atoms with Gasteiger partial charge in [-0.25, -0.2) is 0 Å². The molecule has 1 unspecified atom stereocenters. The number of hydrogen-bond acceptors (Lipinski definition) is 1. The van der Waals surface area contributed by atoms with Crippen LogP contribution in [0, 0.1) is 5.92 Å². The molecule has 0 fully saturated rings. The van der Waals surface area contributed by atoms with Gasteiger partial charge in [-0.3, -0.25) is 0 Å². The number of rotatable bonds is 8. The first-order chi connectivity index (χ1) is 6.85. The Balaban J connectivity index is 3.72. The Morgan fingerprint density at radius 2 is 2.07 bits per heavy atom. The van der Waals surface area contributed by atoms with Crippen molar-refractivity contribution in [2.45, 2.75) is 52.4 Å². The molecule has 0 heterocycles. The van der Waals surface area contributed by atoms with E-state index in [1.165, 1.54) is 25.7 Å². The Kier molecular flexibility index (Phi) is 10.2. The smallest absolute Gasteiger partial charge is 0.0434 e. The highest BCUT2D eigenvalue weighted by atomic mass is 16.2. The lowest BCUT2D eigenvalue weighted by atomic mass is 9.99. The first-order valence-electron chi connectivity index (χ1n) is 5.87. The maximum Gasteiger partial charge on any atom is 0.0434 e. The van der Waals surface area contributed by atoms with Crippen molar-refractivity contribution in [3.8, 4) is 0 Å². The average Bonchev–Trinajstić information content (AvgIpc) is 2.22. The van der Waals surface area contributed by atoms with Gasteiger partial charge < -0.3 is 5.11 Å². The SMILES string of the molecule is CCCCC(C=C=CCCCO)CC. The molecule has 82 valence electrons. The molecule has 0 aromatic rings. The second-order valence-electron chi connectivity index (χ2n) is 3.71. The summed E-state index contributed by atoms with van der Waals surface area (Å²) in [6.07, 6.45) is 11.1. The van der Waals surface area contributed by atoms with Crippen LogP contribution in [0.1, 0.15) is 52.4 Å². The van der Waals surface area contributed by atoms with Crippen LogP contribution >= 0.6 is 0 Å². The lowest BCUT2D eigenvalue weighted by Crippen LogP contribution is -1.92. The fourth-order valence-electron chi connectivity index (χ4n) is 1.35. The Labute approximate surface area is 88.5 Å². The van der Waals surface area contributed by atoms with Crippen LogP contribution < -0.4 is 0 Å². The molecule has 0 saturated carbocycles. The number of aliphatic hydroxyl groups is 1. The molecule has 1 N–H and O–H groups in total. The van der Waals surface area contributed by atoms with Gasteiger partial charge in [0.2, 0.25) is 0 Å². The maximum absolute atomic E-state index is 8.58. The lowest BCUT2D eigenvalue weighted by Gasteiger charge is -2.06. The molecule has 0 aliphatic heterocycles. The summed E-state index contributed by atoms with van der Waals surface area (Å²) in [5, 5.41) is 8.58. The van der Waals surface area contributed by atoms with E-state index in [0.717, 1.165) is 12.8 Å². The van der Waals surface area contributed by atoms with Crippen molar-refractivity contribution >= 4 is 0 Å². The summed E-state index contributed by atoms with van der Waals surface area (Å²) in [4.78, 5) is 0. The zero-order chi connectivity index (χ0) is 10.6. The average molecular weight is 196 g/mol. The Morgan fingerprint density at radius 1 is 1.29 bits per heavy atom. The predicted octanol–water partition coefficient (Wildman–Crippen LogP) is 3.69. The van der Waals surface area contributed by atoms with Crippen LogP contribution in [0.15, 0.2) is 17.9 Å². The van der Waals surface area contributed by atoms with Crippen LogP contribution in [0.4, 0.5) is 0 Å². The zero-order valence-electron chi connectivity index (χ0n) is 9.63. The maximum atomic E-state index is 8.58. The van der Waals surface area contributed by atoms with E-state index in [1.807, 2.05) is 6.08 Å². The molecule has 1 atom stereocenters. The molecule has 0 aliphatic rings. The molecule has 1 heteroatoms. The second-order valence-corrected chi connectivity index (χ2v) is 3.71.